The molecular formula is C13H25NO2. The van der Waals surface area contributed by atoms with Crippen LogP contribution in [-0.4, -0.2) is 18.1 Å². The lowest BCUT2D eigenvalue weighted by molar-refractivity contribution is -0.158. The smallest absolute Gasteiger partial charge is 0.310 e. The van der Waals surface area contributed by atoms with E-state index in [1.54, 1.807) is 0 Å². The van der Waals surface area contributed by atoms with Gasteiger partial charge >= 0.3 is 5.97 Å². The Kier molecular flexibility index (Phi) is 5.26. The monoisotopic (exact) mass is 227 g/mol. The lowest BCUT2D eigenvalue weighted by Crippen LogP contribution is -2.37. The zero-order valence-electron chi connectivity index (χ0n) is 10.7. The first-order valence-electron chi connectivity index (χ1n) is 6.52. The first-order valence-corrected chi connectivity index (χ1v) is 6.52. The minimum atomic E-state index is -0.195. The van der Waals surface area contributed by atoms with E-state index >= 15 is 0 Å². The van der Waals surface area contributed by atoms with Crippen LogP contribution in [0.4, 0.5) is 0 Å². The molecule has 1 rings (SSSR count). The molecule has 2 N–H and O–H groups in total. The van der Waals surface area contributed by atoms with Gasteiger partial charge in [0.05, 0.1) is 5.92 Å². The second-order valence-electron chi connectivity index (χ2n) is 5.08. The highest BCUT2D eigenvalue weighted by Gasteiger charge is 2.29. The maximum Gasteiger partial charge on any atom is 0.310 e. The third-order valence-corrected chi connectivity index (χ3v) is 3.79. The average Bonchev–Trinajstić information content (AvgIpc) is 2.28. The molecule has 3 nitrogen and oxygen atoms in total. The number of hydrogen-bond donors (Lipinski definition) is 1. The molecule has 4 atom stereocenters. The van der Waals surface area contributed by atoms with Crippen molar-refractivity contribution < 1.29 is 9.53 Å². The van der Waals surface area contributed by atoms with Gasteiger partial charge in [0, 0.05) is 6.04 Å². The van der Waals surface area contributed by atoms with E-state index in [0.717, 1.165) is 12.8 Å². The van der Waals surface area contributed by atoms with E-state index in [4.69, 9.17) is 10.5 Å². The van der Waals surface area contributed by atoms with Gasteiger partial charge in [0.25, 0.3) is 0 Å². The topological polar surface area (TPSA) is 52.3 Å². The summed E-state index contributed by atoms with van der Waals surface area (Å²) in [6, 6.07) is -0.129. The Bertz CT molecular complexity index is 228. The lowest BCUT2D eigenvalue weighted by atomic mass is 9.84. The van der Waals surface area contributed by atoms with Crippen molar-refractivity contribution in [2.45, 2.75) is 65.0 Å². The highest BCUT2D eigenvalue weighted by molar-refractivity contribution is 5.73. The van der Waals surface area contributed by atoms with Gasteiger partial charge in [-0.3, -0.25) is 4.79 Å². The van der Waals surface area contributed by atoms with Gasteiger partial charge in [0.15, 0.2) is 0 Å². The first kappa shape index (κ1) is 13.5. The Balaban J connectivity index is 2.48. The molecule has 0 saturated heterocycles. The lowest BCUT2D eigenvalue weighted by Gasteiger charge is -2.31. The van der Waals surface area contributed by atoms with Crippen molar-refractivity contribution in [2.24, 2.45) is 17.6 Å². The van der Waals surface area contributed by atoms with Crippen molar-refractivity contribution >= 4 is 5.97 Å². The van der Waals surface area contributed by atoms with Crippen LogP contribution in [0.25, 0.3) is 0 Å². The summed E-state index contributed by atoms with van der Waals surface area (Å²) in [5.41, 5.74) is 5.71. The largest absolute Gasteiger partial charge is 0.462 e. The fourth-order valence-electron chi connectivity index (χ4n) is 2.27. The Morgan fingerprint density at radius 1 is 1.38 bits per heavy atom. The van der Waals surface area contributed by atoms with Crippen molar-refractivity contribution in [2.75, 3.05) is 0 Å². The predicted molar refractivity (Wildman–Crippen MR) is 64.9 cm³/mol. The Morgan fingerprint density at radius 3 is 2.56 bits per heavy atom. The maximum atomic E-state index is 11.8. The zero-order valence-corrected chi connectivity index (χ0v) is 10.7. The molecule has 0 aromatic rings. The molecule has 1 saturated carbocycles. The van der Waals surface area contributed by atoms with Crippen LogP contribution in [0.2, 0.25) is 0 Å². The number of nitrogens with two attached hydrogens (primary N) is 1. The standard InChI is InChI=1S/C13H25NO2/c1-4-11-7-5-6-8-12(11)16-13(15)9(2)10(3)14/h9-12H,4-8,14H2,1-3H3. The fraction of sp³-hybridized carbons (Fsp3) is 0.923. The normalized spacial score (nSPS) is 29.5. The van der Waals surface area contributed by atoms with Gasteiger partial charge in [0.1, 0.15) is 6.10 Å². The molecule has 3 heteroatoms. The van der Waals surface area contributed by atoms with Gasteiger partial charge < -0.3 is 10.5 Å². The Hall–Kier alpha value is -0.570. The fourth-order valence-corrected chi connectivity index (χ4v) is 2.27. The second kappa shape index (κ2) is 6.24. The van der Waals surface area contributed by atoms with E-state index in [-0.39, 0.29) is 24.0 Å². The van der Waals surface area contributed by atoms with Crippen LogP contribution in [0.15, 0.2) is 0 Å². The molecule has 94 valence electrons. The van der Waals surface area contributed by atoms with Gasteiger partial charge in [-0.25, -0.2) is 0 Å². The van der Waals surface area contributed by atoms with Crippen molar-refractivity contribution in [1.29, 1.82) is 0 Å². The summed E-state index contributed by atoms with van der Waals surface area (Å²) in [6.07, 6.45) is 5.91. The van der Waals surface area contributed by atoms with E-state index in [0.29, 0.717) is 5.92 Å². The van der Waals surface area contributed by atoms with E-state index in [9.17, 15) is 4.79 Å². The zero-order chi connectivity index (χ0) is 12.1. The summed E-state index contributed by atoms with van der Waals surface area (Å²) >= 11 is 0. The number of ether oxygens (including phenoxy) is 1. The van der Waals surface area contributed by atoms with Crippen LogP contribution in [0.1, 0.15) is 52.9 Å². The molecule has 1 fully saturated rings. The summed E-state index contributed by atoms with van der Waals surface area (Å²) in [6.45, 7) is 5.87. The molecule has 4 unspecified atom stereocenters. The van der Waals surface area contributed by atoms with Crippen LogP contribution < -0.4 is 5.73 Å². The molecule has 0 amide bonds. The molecule has 1 aliphatic rings. The molecule has 1 aliphatic carbocycles. The number of carbonyl (C=O) groups excluding carboxylic acids is 1. The summed E-state index contributed by atoms with van der Waals surface area (Å²) in [4.78, 5) is 11.8. The molecule has 0 aromatic carbocycles. The third kappa shape index (κ3) is 3.48. The van der Waals surface area contributed by atoms with Gasteiger partial charge in [-0.05, 0) is 38.5 Å². The average molecular weight is 227 g/mol. The molecule has 0 heterocycles. The van der Waals surface area contributed by atoms with Gasteiger partial charge in [0.2, 0.25) is 0 Å². The highest BCUT2D eigenvalue weighted by Crippen LogP contribution is 2.29. The molecular weight excluding hydrogens is 202 g/mol. The minimum Gasteiger partial charge on any atom is -0.462 e. The molecule has 0 bridgehead atoms. The quantitative estimate of drug-likeness (QED) is 0.751. The third-order valence-electron chi connectivity index (χ3n) is 3.79. The molecule has 0 radical (unpaired) electrons. The number of hydrogen-bond acceptors (Lipinski definition) is 3. The van der Waals surface area contributed by atoms with Crippen LogP contribution in [0.3, 0.4) is 0 Å². The van der Waals surface area contributed by atoms with Crippen molar-refractivity contribution in [3.05, 3.63) is 0 Å². The summed E-state index contributed by atoms with van der Waals surface area (Å²) in [7, 11) is 0. The van der Waals surface area contributed by atoms with Crippen LogP contribution in [0, 0.1) is 11.8 Å². The summed E-state index contributed by atoms with van der Waals surface area (Å²) in [5.74, 6) is 0.234. The van der Waals surface area contributed by atoms with Gasteiger partial charge in [-0.15, -0.1) is 0 Å². The second-order valence-corrected chi connectivity index (χ2v) is 5.08. The van der Waals surface area contributed by atoms with E-state index < -0.39 is 0 Å². The highest BCUT2D eigenvalue weighted by atomic mass is 16.5. The van der Waals surface area contributed by atoms with E-state index in [1.165, 1.54) is 19.3 Å². The number of carbonyl (C=O) groups is 1. The predicted octanol–water partition coefficient (Wildman–Crippen LogP) is 2.48. The Labute approximate surface area is 98.7 Å². The van der Waals surface area contributed by atoms with Gasteiger partial charge in [-0.2, -0.15) is 0 Å². The van der Waals surface area contributed by atoms with Crippen molar-refractivity contribution in [3.8, 4) is 0 Å². The summed E-state index contributed by atoms with van der Waals surface area (Å²) in [5, 5.41) is 0. The van der Waals surface area contributed by atoms with E-state index in [1.807, 2.05) is 13.8 Å². The van der Waals surface area contributed by atoms with E-state index in [2.05, 4.69) is 6.92 Å². The number of esters is 1. The van der Waals surface area contributed by atoms with Crippen molar-refractivity contribution in [3.63, 3.8) is 0 Å². The van der Waals surface area contributed by atoms with Crippen LogP contribution in [-0.2, 0) is 9.53 Å². The molecule has 0 spiro atoms. The molecule has 16 heavy (non-hydrogen) atoms. The number of rotatable bonds is 4. The summed E-state index contributed by atoms with van der Waals surface area (Å²) < 4.78 is 5.60. The van der Waals surface area contributed by atoms with Crippen LogP contribution >= 0.6 is 0 Å². The SMILES string of the molecule is CCC1CCCCC1OC(=O)C(C)C(C)N. The molecule has 0 aliphatic heterocycles. The van der Waals surface area contributed by atoms with Crippen LogP contribution in [0.5, 0.6) is 0 Å². The maximum absolute atomic E-state index is 11.8. The first-order chi connectivity index (χ1) is 7.56. The molecule has 0 aromatic heterocycles. The minimum absolute atomic E-state index is 0.125. The van der Waals surface area contributed by atoms with Crippen molar-refractivity contribution in [1.82, 2.24) is 0 Å². The van der Waals surface area contributed by atoms with Gasteiger partial charge in [-0.1, -0.05) is 20.3 Å². The Morgan fingerprint density at radius 2 is 2.00 bits per heavy atom.